The van der Waals surface area contributed by atoms with Crippen molar-refractivity contribution in [2.75, 3.05) is 11.9 Å². The molecule has 1 aliphatic heterocycles. The third-order valence-corrected chi connectivity index (χ3v) is 3.95. The van der Waals surface area contributed by atoms with Crippen molar-refractivity contribution in [2.45, 2.75) is 46.5 Å². The molecular formula is C17H24N2O2. The predicted molar refractivity (Wildman–Crippen MR) is 84.3 cm³/mol. The Hall–Kier alpha value is -1.84. The second-order valence-corrected chi connectivity index (χ2v) is 7.21. The molecule has 0 fully saturated rings. The van der Waals surface area contributed by atoms with Crippen LogP contribution in [0.4, 0.5) is 5.69 Å². The van der Waals surface area contributed by atoms with Gasteiger partial charge in [0.2, 0.25) is 11.8 Å². The molecule has 1 aromatic rings. The van der Waals surface area contributed by atoms with Gasteiger partial charge in [-0.1, -0.05) is 32.9 Å². The number of carbonyl (C=O) groups is 2. The molecule has 1 heterocycles. The molecule has 0 saturated heterocycles. The van der Waals surface area contributed by atoms with Crippen LogP contribution in [0.5, 0.6) is 0 Å². The number of carbonyl (C=O) groups excluding carboxylic acids is 2. The summed E-state index contributed by atoms with van der Waals surface area (Å²) in [6.45, 7) is 10.2. The minimum Gasteiger partial charge on any atom is -0.355 e. The summed E-state index contributed by atoms with van der Waals surface area (Å²) in [6, 6.07) is 6.02. The zero-order valence-corrected chi connectivity index (χ0v) is 13.5. The lowest BCUT2D eigenvalue weighted by Crippen LogP contribution is -2.35. The molecule has 0 saturated carbocycles. The van der Waals surface area contributed by atoms with Crippen LogP contribution in [0.2, 0.25) is 0 Å². The van der Waals surface area contributed by atoms with Crippen molar-refractivity contribution in [3.63, 3.8) is 0 Å². The standard InChI is InChI=1S/C17H24N2O2/c1-16(2,3)14(20)18-9-8-11-6-7-13-12(10-11)17(4,5)15(21)19-13/h6-7,10H,8-9H2,1-5H3,(H,18,20)(H,19,21). The summed E-state index contributed by atoms with van der Waals surface area (Å²) in [7, 11) is 0. The van der Waals surface area contributed by atoms with Gasteiger partial charge in [-0.3, -0.25) is 9.59 Å². The summed E-state index contributed by atoms with van der Waals surface area (Å²) in [4.78, 5) is 23.7. The molecule has 0 aliphatic carbocycles. The minimum atomic E-state index is -0.486. The Morgan fingerprint density at radius 3 is 2.57 bits per heavy atom. The van der Waals surface area contributed by atoms with Gasteiger partial charge in [-0.05, 0) is 37.5 Å². The predicted octanol–water partition coefficient (Wildman–Crippen LogP) is 2.62. The molecule has 1 aromatic carbocycles. The smallest absolute Gasteiger partial charge is 0.234 e. The molecule has 0 bridgehead atoms. The number of hydrogen-bond donors (Lipinski definition) is 2. The molecule has 4 heteroatoms. The van der Waals surface area contributed by atoms with Crippen molar-refractivity contribution < 1.29 is 9.59 Å². The summed E-state index contributed by atoms with van der Waals surface area (Å²) < 4.78 is 0. The van der Waals surface area contributed by atoms with E-state index in [1.807, 2.05) is 46.8 Å². The van der Waals surface area contributed by atoms with Crippen molar-refractivity contribution in [3.05, 3.63) is 29.3 Å². The number of fused-ring (bicyclic) bond motifs is 1. The monoisotopic (exact) mass is 288 g/mol. The lowest BCUT2D eigenvalue weighted by Gasteiger charge is -2.18. The Morgan fingerprint density at radius 2 is 1.95 bits per heavy atom. The van der Waals surface area contributed by atoms with E-state index >= 15 is 0 Å². The first-order chi connectivity index (χ1) is 9.62. The fraction of sp³-hybridized carbons (Fsp3) is 0.529. The SMILES string of the molecule is CC(C)(C)C(=O)NCCc1ccc2c(c1)C(C)(C)C(=O)N2. The van der Waals surface area contributed by atoms with Crippen molar-refractivity contribution >= 4 is 17.5 Å². The number of nitrogens with one attached hydrogen (secondary N) is 2. The van der Waals surface area contributed by atoms with Gasteiger partial charge in [0.25, 0.3) is 0 Å². The summed E-state index contributed by atoms with van der Waals surface area (Å²) in [5, 5.41) is 5.85. The van der Waals surface area contributed by atoms with Crippen LogP contribution in [0.15, 0.2) is 18.2 Å². The van der Waals surface area contributed by atoms with E-state index in [1.165, 1.54) is 0 Å². The maximum atomic E-state index is 11.9. The van der Waals surface area contributed by atoms with Gasteiger partial charge in [0.15, 0.2) is 0 Å². The summed E-state index contributed by atoms with van der Waals surface area (Å²) in [5.74, 6) is 0.0940. The molecule has 0 unspecified atom stereocenters. The highest BCUT2D eigenvalue weighted by atomic mass is 16.2. The van der Waals surface area contributed by atoms with E-state index in [2.05, 4.69) is 16.7 Å². The van der Waals surface area contributed by atoms with E-state index in [9.17, 15) is 9.59 Å². The average molecular weight is 288 g/mol. The lowest BCUT2D eigenvalue weighted by atomic mass is 9.85. The van der Waals surface area contributed by atoms with E-state index in [1.54, 1.807) is 0 Å². The van der Waals surface area contributed by atoms with E-state index in [0.29, 0.717) is 6.54 Å². The summed E-state index contributed by atoms with van der Waals surface area (Å²) >= 11 is 0. The highest BCUT2D eigenvalue weighted by Gasteiger charge is 2.38. The number of amides is 2. The normalized spacial score (nSPS) is 16.3. The maximum Gasteiger partial charge on any atom is 0.234 e. The van der Waals surface area contributed by atoms with Gasteiger partial charge >= 0.3 is 0 Å². The van der Waals surface area contributed by atoms with Gasteiger partial charge in [0.05, 0.1) is 5.41 Å². The molecule has 2 amide bonds. The van der Waals surface area contributed by atoms with Crippen LogP contribution in [0.3, 0.4) is 0 Å². The molecule has 0 aromatic heterocycles. The molecular weight excluding hydrogens is 264 g/mol. The quantitative estimate of drug-likeness (QED) is 0.898. The van der Waals surface area contributed by atoms with Crippen LogP contribution >= 0.6 is 0 Å². The van der Waals surface area contributed by atoms with Crippen LogP contribution in [0, 0.1) is 5.41 Å². The number of anilines is 1. The summed E-state index contributed by atoms with van der Waals surface area (Å²) in [6.07, 6.45) is 0.763. The molecule has 0 spiro atoms. The van der Waals surface area contributed by atoms with Gasteiger partial charge in [0.1, 0.15) is 0 Å². The van der Waals surface area contributed by atoms with E-state index < -0.39 is 5.41 Å². The first-order valence-corrected chi connectivity index (χ1v) is 7.35. The van der Waals surface area contributed by atoms with Crippen molar-refractivity contribution in [1.29, 1.82) is 0 Å². The van der Waals surface area contributed by atoms with Crippen molar-refractivity contribution in [3.8, 4) is 0 Å². The molecule has 2 rings (SSSR count). The fourth-order valence-electron chi connectivity index (χ4n) is 2.36. The maximum absolute atomic E-state index is 11.9. The second-order valence-electron chi connectivity index (χ2n) is 7.21. The van der Waals surface area contributed by atoms with Gasteiger partial charge in [-0.2, -0.15) is 0 Å². The molecule has 2 N–H and O–H groups in total. The molecule has 114 valence electrons. The van der Waals surface area contributed by atoms with Crippen LogP contribution in [0.25, 0.3) is 0 Å². The number of benzene rings is 1. The third kappa shape index (κ3) is 3.09. The largest absolute Gasteiger partial charge is 0.355 e. The van der Waals surface area contributed by atoms with E-state index in [-0.39, 0.29) is 17.2 Å². The Morgan fingerprint density at radius 1 is 1.29 bits per heavy atom. The number of hydrogen-bond acceptors (Lipinski definition) is 2. The molecule has 21 heavy (non-hydrogen) atoms. The first kappa shape index (κ1) is 15.5. The molecule has 4 nitrogen and oxygen atoms in total. The van der Waals surface area contributed by atoms with E-state index in [0.717, 1.165) is 23.2 Å². The average Bonchev–Trinajstić information content (AvgIpc) is 2.59. The first-order valence-electron chi connectivity index (χ1n) is 7.35. The van der Waals surface area contributed by atoms with E-state index in [4.69, 9.17) is 0 Å². The topological polar surface area (TPSA) is 58.2 Å². The summed E-state index contributed by atoms with van der Waals surface area (Å²) in [5.41, 5.74) is 2.21. The van der Waals surface area contributed by atoms with Crippen molar-refractivity contribution in [2.24, 2.45) is 5.41 Å². The van der Waals surface area contributed by atoms with Gasteiger partial charge in [0, 0.05) is 17.6 Å². The Bertz CT molecular complexity index is 583. The zero-order valence-electron chi connectivity index (χ0n) is 13.5. The third-order valence-electron chi connectivity index (χ3n) is 3.95. The zero-order chi connectivity index (χ0) is 15.8. The van der Waals surface area contributed by atoms with Gasteiger partial charge in [-0.15, -0.1) is 0 Å². The highest BCUT2D eigenvalue weighted by molar-refractivity contribution is 6.05. The van der Waals surface area contributed by atoms with Gasteiger partial charge < -0.3 is 10.6 Å². The Balaban J connectivity index is 2.03. The van der Waals surface area contributed by atoms with Crippen LogP contribution in [-0.2, 0) is 21.4 Å². The van der Waals surface area contributed by atoms with Gasteiger partial charge in [-0.25, -0.2) is 0 Å². The van der Waals surface area contributed by atoms with Crippen LogP contribution in [0.1, 0.15) is 45.7 Å². The minimum absolute atomic E-state index is 0.0377. The molecule has 1 aliphatic rings. The number of rotatable bonds is 3. The molecule has 0 radical (unpaired) electrons. The lowest BCUT2D eigenvalue weighted by molar-refractivity contribution is -0.128. The fourth-order valence-corrected chi connectivity index (χ4v) is 2.36. The van der Waals surface area contributed by atoms with Crippen LogP contribution < -0.4 is 10.6 Å². The second kappa shape index (κ2) is 5.17. The Labute approximate surface area is 126 Å². The molecule has 0 atom stereocenters. The highest BCUT2D eigenvalue weighted by Crippen LogP contribution is 2.37. The van der Waals surface area contributed by atoms with Crippen molar-refractivity contribution in [1.82, 2.24) is 5.32 Å². The van der Waals surface area contributed by atoms with Crippen LogP contribution in [-0.4, -0.2) is 18.4 Å². The Kier molecular flexibility index (Phi) is 3.83.